The molecular weight excluding hydrogens is 182 g/mol. The second-order valence-corrected chi connectivity index (χ2v) is 7.72. The van der Waals surface area contributed by atoms with E-state index in [1.165, 1.54) is 38.5 Å². The Labute approximate surface area is 94.8 Å². The molecule has 1 unspecified atom stereocenters. The minimum absolute atomic E-state index is 0.469. The molecule has 2 saturated carbocycles. The fourth-order valence-electron chi connectivity index (χ4n) is 4.99. The van der Waals surface area contributed by atoms with Gasteiger partial charge in [-0.1, -0.05) is 34.1 Å². The molecule has 0 aliphatic heterocycles. The van der Waals surface area contributed by atoms with Gasteiger partial charge in [0.05, 0.1) is 0 Å². The summed E-state index contributed by atoms with van der Waals surface area (Å²) in [6.07, 6.45) is 8.05. The lowest BCUT2D eigenvalue weighted by molar-refractivity contribution is -0.00755. The van der Waals surface area contributed by atoms with E-state index in [-0.39, 0.29) is 0 Å². The SMILES string of the molecule is CC1(C)CC(C)(C)CC2(CCCC2N)C1. The fraction of sp³-hybridized carbons (Fsp3) is 1.00. The standard InChI is InChI=1S/C14H27N/c1-12(2)8-13(3,4)10-14(9-12)7-5-6-11(14)15/h11H,5-10,15H2,1-4H3. The molecule has 2 aliphatic carbocycles. The van der Waals surface area contributed by atoms with Crippen LogP contribution in [-0.4, -0.2) is 6.04 Å². The van der Waals surface area contributed by atoms with E-state index >= 15 is 0 Å². The van der Waals surface area contributed by atoms with Crippen LogP contribution in [0.5, 0.6) is 0 Å². The van der Waals surface area contributed by atoms with E-state index in [1.54, 1.807) is 0 Å². The van der Waals surface area contributed by atoms with Crippen molar-refractivity contribution < 1.29 is 0 Å². The molecule has 88 valence electrons. The van der Waals surface area contributed by atoms with Crippen molar-refractivity contribution in [2.24, 2.45) is 22.0 Å². The van der Waals surface area contributed by atoms with Gasteiger partial charge < -0.3 is 5.73 Å². The highest BCUT2D eigenvalue weighted by Crippen LogP contribution is 2.59. The van der Waals surface area contributed by atoms with Gasteiger partial charge in [0.15, 0.2) is 0 Å². The molecule has 1 nitrogen and oxygen atoms in total. The molecule has 0 aromatic carbocycles. The Morgan fingerprint density at radius 2 is 1.47 bits per heavy atom. The van der Waals surface area contributed by atoms with Crippen LogP contribution in [0.3, 0.4) is 0 Å². The summed E-state index contributed by atoms with van der Waals surface area (Å²) in [5.41, 5.74) is 7.84. The summed E-state index contributed by atoms with van der Waals surface area (Å²) < 4.78 is 0. The average molecular weight is 209 g/mol. The van der Waals surface area contributed by atoms with Gasteiger partial charge in [-0.05, 0) is 48.3 Å². The maximum Gasteiger partial charge on any atom is 0.00959 e. The van der Waals surface area contributed by atoms with Crippen molar-refractivity contribution in [1.82, 2.24) is 0 Å². The summed E-state index contributed by atoms with van der Waals surface area (Å²) in [5.74, 6) is 0. The molecule has 1 atom stereocenters. The summed E-state index contributed by atoms with van der Waals surface area (Å²) >= 11 is 0. The lowest BCUT2D eigenvalue weighted by Crippen LogP contribution is -2.48. The minimum atomic E-state index is 0.469. The van der Waals surface area contributed by atoms with Crippen LogP contribution in [0.15, 0.2) is 0 Å². The van der Waals surface area contributed by atoms with Crippen LogP contribution in [0.25, 0.3) is 0 Å². The third-order valence-electron chi connectivity index (χ3n) is 4.59. The van der Waals surface area contributed by atoms with E-state index in [0.717, 1.165) is 0 Å². The lowest BCUT2D eigenvalue weighted by atomic mass is 9.53. The highest BCUT2D eigenvalue weighted by atomic mass is 14.7. The number of hydrogen-bond donors (Lipinski definition) is 1. The lowest BCUT2D eigenvalue weighted by Gasteiger charge is -2.52. The maximum atomic E-state index is 6.39. The molecule has 2 rings (SSSR count). The Kier molecular flexibility index (Phi) is 2.46. The Morgan fingerprint density at radius 1 is 0.933 bits per heavy atom. The van der Waals surface area contributed by atoms with Gasteiger partial charge >= 0.3 is 0 Å². The van der Waals surface area contributed by atoms with Gasteiger partial charge in [0.25, 0.3) is 0 Å². The second kappa shape index (κ2) is 3.23. The first-order valence-corrected chi connectivity index (χ1v) is 6.51. The highest BCUT2D eigenvalue weighted by molar-refractivity contribution is 5.04. The molecule has 15 heavy (non-hydrogen) atoms. The summed E-state index contributed by atoms with van der Waals surface area (Å²) in [5, 5.41) is 0. The minimum Gasteiger partial charge on any atom is -0.327 e. The molecule has 2 fully saturated rings. The number of hydrogen-bond acceptors (Lipinski definition) is 1. The molecule has 1 heteroatoms. The van der Waals surface area contributed by atoms with Crippen LogP contribution in [0.1, 0.15) is 66.2 Å². The molecule has 1 spiro atoms. The third-order valence-corrected chi connectivity index (χ3v) is 4.59. The molecule has 0 amide bonds. The van der Waals surface area contributed by atoms with Crippen LogP contribution in [-0.2, 0) is 0 Å². The average Bonchev–Trinajstić information content (AvgIpc) is 2.25. The Balaban J connectivity index is 2.26. The zero-order chi connectivity index (χ0) is 11.3. The van der Waals surface area contributed by atoms with Crippen molar-refractivity contribution >= 4 is 0 Å². The van der Waals surface area contributed by atoms with Crippen molar-refractivity contribution in [3.63, 3.8) is 0 Å². The van der Waals surface area contributed by atoms with Crippen molar-refractivity contribution in [2.45, 2.75) is 72.3 Å². The largest absolute Gasteiger partial charge is 0.327 e. The van der Waals surface area contributed by atoms with Gasteiger partial charge in [0, 0.05) is 6.04 Å². The number of nitrogens with two attached hydrogens (primary N) is 1. The van der Waals surface area contributed by atoms with Gasteiger partial charge in [-0.2, -0.15) is 0 Å². The highest BCUT2D eigenvalue weighted by Gasteiger charge is 2.51. The zero-order valence-corrected chi connectivity index (χ0v) is 10.9. The summed E-state index contributed by atoms with van der Waals surface area (Å²) in [6.45, 7) is 9.73. The van der Waals surface area contributed by atoms with Gasteiger partial charge in [0.1, 0.15) is 0 Å². The first kappa shape index (κ1) is 11.4. The zero-order valence-electron chi connectivity index (χ0n) is 10.9. The first-order chi connectivity index (χ1) is 6.75. The van der Waals surface area contributed by atoms with Crippen LogP contribution in [0.4, 0.5) is 0 Å². The van der Waals surface area contributed by atoms with Gasteiger partial charge in [-0.25, -0.2) is 0 Å². The molecule has 0 heterocycles. The fourth-order valence-corrected chi connectivity index (χ4v) is 4.99. The van der Waals surface area contributed by atoms with E-state index in [0.29, 0.717) is 22.3 Å². The topological polar surface area (TPSA) is 26.0 Å². The van der Waals surface area contributed by atoms with Gasteiger partial charge in [-0.3, -0.25) is 0 Å². The van der Waals surface area contributed by atoms with Crippen molar-refractivity contribution in [2.75, 3.05) is 0 Å². The quantitative estimate of drug-likeness (QED) is 0.646. The van der Waals surface area contributed by atoms with Crippen LogP contribution >= 0.6 is 0 Å². The van der Waals surface area contributed by atoms with Gasteiger partial charge in [-0.15, -0.1) is 0 Å². The molecule has 0 radical (unpaired) electrons. The summed E-state index contributed by atoms with van der Waals surface area (Å²) in [4.78, 5) is 0. The molecule has 0 aromatic rings. The number of rotatable bonds is 0. The van der Waals surface area contributed by atoms with E-state index in [1.807, 2.05) is 0 Å². The van der Waals surface area contributed by atoms with Crippen LogP contribution in [0.2, 0.25) is 0 Å². The van der Waals surface area contributed by atoms with Gasteiger partial charge in [0.2, 0.25) is 0 Å². The van der Waals surface area contributed by atoms with E-state index in [9.17, 15) is 0 Å². The Bertz CT molecular complexity index is 236. The maximum absolute atomic E-state index is 6.39. The molecule has 0 saturated heterocycles. The monoisotopic (exact) mass is 209 g/mol. The summed E-state index contributed by atoms with van der Waals surface area (Å²) in [6, 6.07) is 0.469. The molecule has 2 N–H and O–H groups in total. The normalized spacial score (nSPS) is 37.0. The van der Waals surface area contributed by atoms with E-state index < -0.39 is 0 Å². The van der Waals surface area contributed by atoms with Crippen molar-refractivity contribution in [3.05, 3.63) is 0 Å². The Morgan fingerprint density at radius 3 is 1.87 bits per heavy atom. The van der Waals surface area contributed by atoms with E-state index in [2.05, 4.69) is 27.7 Å². The third kappa shape index (κ3) is 2.08. The predicted molar refractivity (Wildman–Crippen MR) is 65.7 cm³/mol. The smallest absolute Gasteiger partial charge is 0.00959 e. The molecule has 0 bridgehead atoms. The molecule has 0 aromatic heterocycles. The second-order valence-electron chi connectivity index (χ2n) is 7.72. The van der Waals surface area contributed by atoms with E-state index in [4.69, 9.17) is 5.73 Å². The molecular formula is C14H27N. The predicted octanol–water partition coefficient (Wildman–Crippen LogP) is 3.72. The molecule has 2 aliphatic rings. The Hall–Kier alpha value is -0.0400. The van der Waals surface area contributed by atoms with Crippen molar-refractivity contribution in [3.8, 4) is 0 Å². The van der Waals surface area contributed by atoms with Crippen molar-refractivity contribution in [1.29, 1.82) is 0 Å². The first-order valence-electron chi connectivity index (χ1n) is 6.51. The van der Waals surface area contributed by atoms with Crippen LogP contribution in [0, 0.1) is 16.2 Å². The van der Waals surface area contributed by atoms with Crippen LogP contribution < -0.4 is 5.73 Å². The summed E-state index contributed by atoms with van der Waals surface area (Å²) in [7, 11) is 0.